The van der Waals surface area contributed by atoms with Crippen molar-refractivity contribution in [2.75, 3.05) is 14.2 Å². The Morgan fingerprint density at radius 2 is 1.93 bits per heavy atom. The molecule has 1 unspecified atom stereocenters. The van der Waals surface area contributed by atoms with Crippen molar-refractivity contribution in [3.63, 3.8) is 0 Å². The second-order valence-electron chi connectivity index (χ2n) is 4.18. The Morgan fingerprint density at radius 3 is 2.29 bits per heavy atom. The number of likely N-dealkylation sites (N-methyl/N-ethyl adjacent to an activating group) is 1. The van der Waals surface area contributed by atoms with Gasteiger partial charge < -0.3 is 9.64 Å². The maximum Gasteiger partial charge on any atom is 0.328 e. The van der Waals surface area contributed by atoms with Crippen molar-refractivity contribution < 1.29 is 14.3 Å². The lowest BCUT2D eigenvalue weighted by atomic mass is 10.1. The summed E-state index contributed by atoms with van der Waals surface area (Å²) in [6, 6.07) is -0.495. The van der Waals surface area contributed by atoms with Crippen molar-refractivity contribution in [1.29, 1.82) is 0 Å². The minimum absolute atomic E-state index is 0.0374. The van der Waals surface area contributed by atoms with Crippen LogP contribution in [0.1, 0.15) is 26.7 Å². The van der Waals surface area contributed by atoms with Crippen LogP contribution in [0.2, 0.25) is 0 Å². The first kappa shape index (κ1) is 11.0. The molecule has 1 fully saturated rings. The van der Waals surface area contributed by atoms with Crippen LogP contribution in [0.3, 0.4) is 0 Å². The third-order valence-electron chi connectivity index (χ3n) is 2.96. The predicted octanol–water partition coefficient (Wildman–Crippen LogP) is 0.806. The molecule has 0 heterocycles. The molecule has 0 spiro atoms. The van der Waals surface area contributed by atoms with E-state index in [0.29, 0.717) is 0 Å². The van der Waals surface area contributed by atoms with Gasteiger partial charge in [0.25, 0.3) is 0 Å². The summed E-state index contributed by atoms with van der Waals surface area (Å²) in [5, 5.41) is 0. The zero-order valence-electron chi connectivity index (χ0n) is 9.16. The number of rotatable bonds is 3. The quantitative estimate of drug-likeness (QED) is 0.632. The van der Waals surface area contributed by atoms with E-state index in [4.69, 9.17) is 0 Å². The van der Waals surface area contributed by atoms with Crippen LogP contribution in [0, 0.1) is 5.41 Å². The highest BCUT2D eigenvalue weighted by molar-refractivity contribution is 5.89. The van der Waals surface area contributed by atoms with Gasteiger partial charge in [0.05, 0.1) is 7.11 Å². The fraction of sp³-hybridized carbons (Fsp3) is 0.800. The Morgan fingerprint density at radius 1 is 1.43 bits per heavy atom. The van der Waals surface area contributed by atoms with Gasteiger partial charge in [-0.25, -0.2) is 4.79 Å². The molecule has 0 bridgehead atoms. The van der Waals surface area contributed by atoms with Crippen LogP contribution < -0.4 is 0 Å². The van der Waals surface area contributed by atoms with Crippen molar-refractivity contribution in [1.82, 2.24) is 4.90 Å². The molecular weight excluding hydrogens is 182 g/mol. The molecule has 1 aliphatic rings. The summed E-state index contributed by atoms with van der Waals surface area (Å²) in [5.74, 6) is -0.333. The summed E-state index contributed by atoms with van der Waals surface area (Å²) in [4.78, 5) is 24.5. The Balaban J connectivity index is 2.60. The van der Waals surface area contributed by atoms with Crippen LogP contribution in [0.5, 0.6) is 0 Å². The SMILES string of the molecule is COC(=O)C(C)N(C)C(=O)C1(C)CC1. The van der Waals surface area contributed by atoms with Crippen molar-refractivity contribution in [2.45, 2.75) is 32.7 Å². The molecule has 14 heavy (non-hydrogen) atoms. The van der Waals surface area contributed by atoms with Crippen LogP contribution >= 0.6 is 0 Å². The zero-order chi connectivity index (χ0) is 10.9. The molecule has 80 valence electrons. The van der Waals surface area contributed by atoms with Gasteiger partial charge in [0, 0.05) is 12.5 Å². The fourth-order valence-electron chi connectivity index (χ4n) is 1.33. The van der Waals surface area contributed by atoms with Gasteiger partial charge in [-0.15, -0.1) is 0 Å². The van der Waals surface area contributed by atoms with Crippen LogP contribution in [0.15, 0.2) is 0 Å². The van der Waals surface area contributed by atoms with E-state index in [2.05, 4.69) is 4.74 Å². The average Bonchev–Trinajstić information content (AvgIpc) is 2.93. The van der Waals surface area contributed by atoms with Gasteiger partial charge in [0.1, 0.15) is 6.04 Å². The second-order valence-corrected chi connectivity index (χ2v) is 4.18. The summed E-state index contributed by atoms with van der Waals surface area (Å²) in [7, 11) is 2.98. The maximum atomic E-state index is 11.8. The highest BCUT2D eigenvalue weighted by Crippen LogP contribution is 2.46. The molecule has 1 rings (SSSR count). The van der Waals surface area contributed by atoms with E-state index in [-0.39, 0.29) is 17.3 Å². The van der Waals surface area contributed by atoms with E-state index >= 15 is 0 Å². The minimum Gasteiger partial charge on any atom is -0.467 e. The number of carbonyl (C=O) groups is 2. The zero-order valence-corrected chi connectivity index (χ0v) is 9.16. The Hall–Kier alpha value is -1.06. The number of carbonyl (C=O) groups excluding carboxylic acids is 2. The summed E-state index contributed by atoms with van der Waals surface area (Å²) in [6.45, 7) is 3.60. The van der Waals surface area contributed by atoms with Gasteiger partial charge in [0.15, 0.2) is 0 Å². The van der Waals surface area contributed by atoms with Crippen LogP contribution in [-0.2, 0) is 14.3 Å². The van der Waals surface area contributed by atoms with Gasteiger partial charge in [-0.2, -0.15) is 0 Å². The molecule has 0 aliphatic heterocycles. The molecule has 0 saturated heterocycles. The molecule has 1 atom stereocenters. The van der Waals surface area contributed by atoms with Crippen LogP contribution in [0.4, 0.5) is 0 Å². The lowest BCUT2D eigenvalue weighted by Crippen LogP contribution is -2.43. The second kappa shape index (κ2) is 3.59. The number of hydrogen-bond acceptors (Lipinski definition) is 3. The van der Waals surface area contributed by atoms with Crippen molar-refractivity contribution in [3.8, 4) is 0 Å². The molecule has 4 heteroatoms. The Kier molecular flexibility index (Phi) is 2.83. The molecular formula is C10H17NO3. The molecule has 0 radical (unpaired) electrons. The third kappa shape index (κ3) is 1.89. The number of nitrogens with zero attached hydrogens (tertiary/aromatic N) is 1. The van der Waals surface area contributed by atoms with Crippen molar-refractivity contribution >= 4 is 11.9 Å². The monoisotopic (exact) mass is 199 g/mol. The number of esters is 1. The van der Waals surface area contributed by atoms with Gasteiger partial charge in [-0.05, 0) is 19.8 Å². The number of ether oxygens (including phenoxy) is 1. The molecule has 0 N–H and O–H groups in total. The van der Waals surface area contributed by atoms with Crippen LogP contribution in [0.25, 0.3) is 0 Å². The minimum atomic E-state index is -0.495. The number of amides is 1. The highest BCUT2D eigenvalue weighted by Gasteiger charge is 2.47. The van der Waals surface area contributed by atoms with E-state index in [1.54, 1.807) is 14.0 Å². The van der Waals surface area contributed by atoms with E-state index in [1.807, 2.05) is 6.92 Å². The lowest BCUT2D eigenvalue weighted by molar-refractivity contribution is -0.152. The van der Waals surface area contributed by atoms with E-state index in [0.717, 1.165) is 12.8 Å². The van der Waals surface area contributed by atoms with Gasteiger partial charge in [-0.3, -0.25) is 4.79 Å². The van der Waals surface area contributed by atoms with Crippen molar-refractivity contribution in [3.05, 3.63) is 0 Å². The smallest absolute Gasteiger partial charge is 0.328 e. The lowest BCUT2D eigenvalue weighted by Gasteiger charge is -2.25. The first-order valence-electron chi connectivity index (χ1n) is 4.77. The number of hydrogen-bond donors (Lipinski definition) is 0. The van der Waals surface area contributed by atoms with Crippen molar-refractivity contribution in [2.24, 2.45) is 5.41 Å². The molecule has 0 aromatic carbocycles. The van der Waals surface area contributed by atoms with Gasteiger partial charge in [-0.1, -0.05) is 6.92 Å². The van der Waals surface area contributed by atoms with Gasteiger partial charge in [0.2, 0.25) is 5.91 Å². The standard InChI is InChI=1S/C10H17NO3/c1-7(8(12)14-4)11(3)9(13)10(2)5-6-10/h7H,5-6H2,1-4H3. The third-order valence-corrected chi connectivity index (χ3v) is 2.96. The molecule has 1 saturated carbocycles. The van der Waals surface area contributed by atoms with E-state index in [1.165, 1.54) is 12.0 Å². The Bertz CT molecular complexity index is 258. The number of methoxy groups -OCH3 is 1. The maximum absolute atomic E-state index is 11.8. The molecule has 0 aromatic rings. The summed E-state index contributed by atoms with van der Waals surface area (Å²) in [5.41, 5.74) is -0.225. The van der Waals surface area contributed by atoms with E-state index in [9.17, 15) is 9.59 Å². The first-order valence-corrected chi connectivity index (χ1v) is 4.77. The summed E-state index contributed by atoms with van der Waals surface area (Å²) in [6.07, 6.45) is 1.84. The first-order chi connectivity index (χ1) is 6.42. The Labute approximate surface area is 84.2 Å². The largest absolute Gasteiger partial charge is 0.467 e. The van der Waals surface area contributed by atoms with Gasteiger partial charge >= 0.3 is 5.97 Å². The fourth-order valence-corrected chi connectivity index (χ4v) is 1.33. The molecule has 0 aromatic heterocycles. The average molecular weight is 199 g/mol. The summed E-state index contributed by atoms with van der Waals surface area (Å²) < 4.78 is 4.58. The molecule has 4 nitrogen and oxygen atoms in total. The molecule has 1 amide bonds. The van der Waals surface area contributed by atoms with E-state index < -0.39 is 6.04 Å². The predicted molar refractivity (Wildman–Crippen MR) is 51.6 cm³/mol. The topological polar surface area (TPSA) is 46.6 Å². The van der Waals surface area contributed by atoms with Crippen LogP contribution in [-0.4, -0.2) is 37.0 Å². The summed E-state index contributed by atoms with van der Waals surface area (Å²) >= 11 is 0. The normalized spacial score (nSPS) is 19.7. The molecule has 1 aliphatic carbocycles. The highest BCUT2D eigenvalue weighted by atomic mass is 16.5.